The summed E-state index contributed by atoms with van der Waals surface area (Å²) in [7, 11) is 0. The van der Waals surface area contributed by atoms with Crippen LogP contribution in [-0.4, -0.2) is 22.5 Å². The molecule has 2 saturated carbocycles. The van der Waals surface area contributed by atoms with Gasteiger partial charge in [-0.3, -0.25) is 4.79 Å². The number of allylic oxidation sites excluding steroid dienone is 2. The van der Waals surface area contributed by atoms with Gasteiger partial charge in [0.1, 0.15) is 5.82 Å². The minimum Gasteiger partial charge on any atom is -0.466 e. The van der Waals surface area contributed by atoms with Gasteiger partial charge in [-0.05, 0) is 110 Å². The van der Waals surface area contributed by atoms with Crippen molar-refractivity contribution in [1.82, 2.24) is 9.97 Å². The molecule has 1 N–H and O–H groups in total. The van der Waals surface area contributed by atoms with E-state index in [0.717, 1.165) is 40.8 Å². The van der Waals surface area contributed by atoms with Crippen molar-refractivity contribution in [2.45, 2.75) is 79.6 Å². The van der Waals surface area contributed by atoms with Crippen molar-refractivity contribution in [2.24, 2.45) is 40.4 Å². The molecule has 2 fully saturated rings. The molecule has 2 heterocycles. The Kier molecular flexibility index (Phi) is 6.25. The molecule has 2 aromatic heterocycles. The molecule has 37 heavy (non-hydrogen) atoms. The Hall–Kier alpha value is -2.21. The van der Waals surface area contributed by atoms with Crippen molar-refractivity contribution in [1.29, 1.82) is 0 Å². The highest BCUT2D eigenvalue weighted by Crippen LogP contribution is 2.68. The van der Waals surface area contributed by atoms with Crippen LogP contribution in [0.5, 0.6) is 0 Å². The summed E-state index contributed by atoms with van der Waals surface area (Å²) >= 11 is 1.82. The van der Waals surface area contributed by atoms with E-state index in [2.05, 4.69) is 37.1 Å². The first-order chi connectivity index (χ1) is 17.7. The van der Waals surface area contributed by atoms with Gasteiger partial charge in [0.05, 0.1) is 17.2 Å². The highest BCUT2D eigenvalue weighted by Gasteiger charge is 2.59. The second-order valence-corrected chi connectivity index (χ2v) is 13.7. The predicted molar refractivity (Wildman–Crippen MR) is 150 cm³/mol. The van der Waals surface area contributed by atoms with Gasteiger partial charge in [0.25, 0.3) is 0 Å². The lowest BCUT2D eigenvalue weighted by Crippen LogP contribution is -2.50. The number of pyridine rings is 1. The second kappa shape index (κ2) is 9.21. The molecular formula is C31H41N3O2S. The minimum absolute atomic E-state index is 0.152. The molecule has 0 amide bonds. The number of carbonyl (C=O) groups is 1. The van der Waals surface area contributed by atoms with Gasteiger partial charge in [-0.15, -0.1) is 0 Å². The molecule has 4 aliphatic rings. The maximum atomic E-state index is 11.4. The number of rotatable bonds is 5. The smallest absolute Gasteiger partial charge is 0.302 e. The molecule has 7 atom stereocenters. The van der Waals surface area contributed by atoms with Gasteiger partial charge in [-0.2, -0.15) is 0 Å². The van der Waals surface area contributed by atoms with E-state index in [4.69, 9.17) is 9.72 Å². The van der Waals surface area contributed by atoms with Crippen molar-refractivity contribution >= 4 is 33.8 Å². The number of thiazole rings is 1. The number of aryl methyl sites for hydroxylation is 2. The maximum absolute atomic E-state index is 11.4. The highest BCUT2D eigenvalue weighted by molar-refractivity contribution is 7.16. The van der Waals surface area contributed by atoms with E-state index < -0.39 is 0 Å². The maximum Gasteiger partial charge on any atom is 0.302 e. The molecule has 0 aromatic carbocycles. The summed E-state index contributed by atoms with van der Waals surface area (Å²) in [4.78, 5) is 22.5. The van der Waals surface area contributed by atoms with E-state index in [-0.39, 0.29) is 11.4 Å². The molecule has 6 rings (SSSR count). The molecule has 2 aromatic rings. The summed E-state index contributed by atoms with van der Waals surface area (Å²) in [5.41, 5.74) is 4.45. The fourth-order valence-electron chi connectivity index (χ4n) is 8.99. The number of carbonyl (C=O) groups excluding carboxylic acids is 1. The van der Waals surface area contributed by atoms with Gasteiger partial charge < -0.3 is 10.1 Å². The first-order valence-electron chi connectivity index (χ1n) is 14.2. The monoisotopic (exact) mass is 519 g/mol. The average Bonchev–Trinajstić information content (AvgIpc) is 3.42. The first kappa shape index (κ1) is 25.1. The summed E-state index contributed by atoms with van der Waals surface area (Å²) in [5.74, 6) is 4.10. The summed E-state index contributed by atoms with van der Waals surface area (Å²) in [6.45, 7) is 11.6. The van der Waals surface area contributed by atoms with Crippen molar-refractivity contribution in [3.8, 4) is 0 Å². The Bertz CT molecular complexity index is 1240. The van der Waals surface area contributed by atoms with Gasteiger partial charge in [0.15, 0.2) is 5.13 Å². The van der Waals surface area contributed by atoms with E-state index in [0.29, 0.717) is 23.9 Å². The van der Waals surface area contributed by atoms with E-state index in [1.54, 1.807) is 5.57 Å². The molecule has 0 bridgehead atoms. The van der Waals surface area contributed by atoms with Gasteiger partial charge in [0.2, 0.25) is 0 Å². The molecule has 0 spiro atoms. The number of esters is 1. The second-order valence-electron chi connectivity index (χ2n) is 12.7. The van der Waals surface area contributed by atoms with Gasteiger partial charge in [-0.25, -0.2) is 9.97 Å². The standard InChI is InChI=1S/C31H41N3O2S/c1-18(17-36-20(3)35)22-11-12-23-21-9-10-25-28-26(14-16-31(25,5)24(21)13-15-30(22,23)4)33-29(37-28)34-27-8-6-7-19(2)32-27/h6-8,10,18,21-24H,9,11-17H2,1-5H3,(H,32,33,34)/t18-,21+,22-,23+,24+,30-,31-/m1/s1. The zero-order valence-corrected chi connectivity index (χ0v) is 23.8. The van der Waals surface area contributed by atoms with Crippen LogP contribution in [-0.2, 0) is 16.0 Å². The molecule has 5 nitrogen and oxygen atoms in total. The Labute approximate surface area is 225 Å². The van der Waals surface area contributed by atoms with E-state index >= 15 is 0 Å². The van der Waals surface area contributed by atoms with Crippen molar-refractivity contribution in [3.05, 3.63) is 40.5 Å². The topological polar surface area (TPSA) is 64.1 Å². The SMILES string of the molecule is CC(=O)OC[C@@H](C)[C@H]1CC[C@H]2[C@@H]3CC=C4c5sc(Nc6cccc(C)n6)nc5CC[C@]4(C)[C@H]3CC[C@]12C. The average molecular weight is 520 g/mol. The Morgan fingerprint density at radius 3 is 2.81 bits per heavy atom. The number of aromatic nitrogens is 2. The molecule has 0 saturated heterocycles. The van der Waals surface area contributed by atoms with E-state index in [1.807, 2.05) is 36.5 Å². The normalized spacial score (nSPS) is 34.9. The lowest BCUT2D eigenvalue weighted by atomic mass is 9.47. The Morgan fingerprint density at radius 2 is 2.03 bits per heavy atom. The Morgan fingerprint density at radius 1 is 1.19 bits per heavy atom. The van der Waals surface area contributed by atoms with Crippen LogP contribution in [0.3, 0.4) is 0 Å². The molecular weight excluding hydrogens is 478 g/mol. The Balaban J connectivity index is 1.25. The fourth-order valence-corrected chi connectivity index (χ4v) is 10.2. The summed E-state index contributed by atoms with van der Waals surface area (Å²) in [6, 6.07) is 6.08. The highest BCUT2D eigenvalue weighted by atomic mass is 32.1. The summed E-state index contributed by atoms with van der Waals surface area (Å²) in [6.07, 6.45) is 11.3. The first-order valence-corrected chi connectivity index (χ1v) is 15.1. The van der Waals surface area contributed by atoms with Crippen LogP contribution in [0.4, 0.5) is 10.9 Å². The zero-order chi connectivity index (χ0) is 25.9. The van der Waals surface area contributed by atoms with Crippen molar-refractivity contribution < 1.29 is 9.53 Å². The number of fused-ring (bicyclic) bond motifs is 7. The number of ether oxygens (including phenoxy) is 1. The molecule has 0 radical (unpaired) electrons. The lowest BCUT2D eigenvalue weighted by Gasteiger charge is -2.57. The summed E-state index contributed by atoms with van der Waals surface area (Å²) in [5, 5.41) is 4.44. The molecule has 0 unspecified atom stereocenters. The summed E-state index contributed by atoms with van der Waals surface area (Å²) < 4.78 is 5.45. The molecule has 198 valence electrons. The minimum atomic E-state index is -0.152. The van der Waals surface area contributed by atoms with Crippen LogP contribution in [0, 0.1) is 47.3 Å². The molecule has 4 aliphatic carbocycles. The van der Waals surface area contributed by atoms with Crippen molar-refractivity contribution in [3.63, 3.8) is 0 Å². The van der Waals surface area contributed by atoms with Crippen LogP contribution in [0.2, 0.25) is 0 Å². The number of hydrogen-bond donors (Lipinski definition) is 1. The zero-order valence-electron chi connectivity index (χ0n) is 23.0. The van der Waals surface area contributed by atoms with Crippen LogP contribution in [0.25, 0.3) is 5.57 Å². The third-order valence-corrected chi connectivity index (χ3v) is 11.8. The van der Waals surface area contributed by atoms with Gasteiger partial charge in [0, 0.05) is 12.6 Å². The number of nitrogens with zero attached hydrogens (tertiary/aromatic N) is 2. The predicted octanol–water partition coefficient (Wildman–Crippen LogP) is 7.59. The lowest BCUT2D eigenvalue weighted by molar-refractivity contribution is -0.143. The van der Waals surface area contributed by atoms with E-state index in [1.165, 1.54) is 56.0 Å². The number of hydrogen-bond acceptors (Lipinski definition) is 6. The van der Waals surface area contributed by atoms with E-state index in [9.17, 15) is 4.79 Å². The quantitative estimate of drug-likeness (QED) is 0.412. The van der Waals surface area contributed by atoms with Crippen LogP contribution >= 0.6 is 11.3 Å². The van der Waals surface area contributed by atoms with Crippen LogP contribution < -0.4 is 5.32 Å². The van der Waals surface area contributed by atoms with Gasteiger partial charge >= 0.3 is 5.97 Å². The number of nitrogens with one attached hydrogen (secondary N) is 1. The van der Waals surface area contributed by atoms with Crippen LogP contribution in [0.1, 0.15) is 82.5 Å². The molecule has 0 aliphatic heterocycles. The number of anilines is 2. The van der Waals surface area contributed by atoms with Crippen molar-refractivity contribution in [2.75, 3.05) is 11.9 Å². The largest absolute Gasteiger partial charge is 0.466 e. The third kappa shape index (κ3) is 4.14. The fraction of sp³-hybridized carbons (Fsp3) is 0.645. The van der Waals surface area contributed by atoms with Crippen LogP contribution in [0.15, 0.2) is 24.3 Å². The third-order valence-electron chi connectivity index (χ3n) is 10.7. The molecule has 6 heteroatoms. The van der Waals surface area contributed by atoms with Gasteiger partial charge in [-0.1, -0.05) is 44.3 Å².